The Hall–Kier alpha value is -1.36. The number of aliphatic hydroxyl groups excluding tert-OH is 1. The van der Waals surface area contributed by atoms with Crippen molar-refractivity contribution in [2.24, 2.45) is 0 Å². The molecule has 1 heterocycles. The molecule has 1 atom stereocenters. The summed E-state index contributed by atoms with van der Waals surface area (Å²) in [5.41, 5.74) is 0.747. The molecule has 0 aliphatic heterocycles. The van der Waals surface area contributed by atoms with Gasteiger partial charge in [-0.3, -0.25) is 4.79 Å². The Morgan fingerprint density at radius 3 is 2.84 bits per heavy atom. The summed E-state index contributed by atoms with van der Waals surface area (Å²) in [6.45, 7) is 1.64. The van der Waals surface area contributed by atoms with Crippen molar-refractivity contribution in [1.82, 2.24) is 0 Å². The van der Waals surface area contributed by atoms with Gasteiger partial charge in [0.1, 0.15) is 5.75 Å². The second kappa shape index (κ2) is 6.19. The molecule has 100 valence electrons. The molecule has 0 aliphatic carbocycles. The molecule has 1 unspecified atom stereocenters. The van der Waals surface area contributed by atoms with E-state index in [0.717, 1.165) is 5.56 Å². The van der Waals surface area contributed by atoms with Gasteiger partial charge in [0.2, 0.25) is 5.78 Å². The van der Waals surface area contributed by atoms with Gasteiger partial charge in [0.25, 0.3) is 0 Å². The Balaban J connectivity index is 2.07. The highest BCUT2D eigenvalue weighted by molar-refractivity contribution is 7.18. The fourth-order valence-electron chi connectivity index (χ4n) is 1.62. The van der Waals surface area contributed by atoms with Crippen LogP contribution in [0.5, 0.6) is 5.75 Å². The summed E-state index contributed by atoms with van der Waals surface area (Å²) in [7, 11) is 0. The van der Waals surface area contributed by atoms with E-state index in [1.165, 1.54) is 11.3 Å². The molecule has 0 amide bonds. The molecule has 3 nitrogen and oxygen atoms in total. The summed E-state index contributed by atoms with van der Waals surface area (Å²) in [5, 5.41) is 9.05. The predicted molar refractivity (Wildman–Crippen MR) is 76.1 cm³/mol. The molecule has 0 fully saturated rings. The first kappa shape index (κ1) is 14.1. The van der Waals surface area contributed by atoms with Crippen molar-refractivity contribution in [3.8, 4) is 5.75 Å². The zero-order valence-corrected chi connectivity index (χ0v) is 11.9. The normalized spacial score (nSPS) is 12.2. The summed E-state index contributed by atoms with van der Waals surface area (Å²) in [6.07, 6.45) is -0.594. The minimum Gasteiger partial charge on any atom is -0.483 e. The van der Waals surface area contributed by atoms with Gasteiger partial charge in [-0.1, -0.05) is 23.7 Å². The van der Waals surface area contributed by atoms with E-state index < -0.39 is 6.10 Å². The molecule has 0 saturated heterocycles. The maximum atomic E-state index is 12.1. The maximum Gasteiger partial charge on any atom is 0.212 e. The molecule has 1 aromatic carbocycles. The van der Waals surface area contributed by atoms with Crippen LogP contribution >= 0.6 is 22.9 Å². The summed E-state index contributed by atoms with van der Waals surface area (Å²) in [6, 6.07) is 10.4. The van der Waals surface area contributed by atoms with Crippen LogP contribution in [0.1, 0.15) is 22.2 Å². The summed E-state index contributed by atoms with van der Waals surface area (Å²) in [5.74, 6) is 0.460. The fraction of sp³-hybridized carbons (Fsp3) is 0.214. The van der Waals surface area contributed by atoms with E-state index >= 15 is 0 Å². The molecule has 5 heteroatoms. The third-order valence-corrected chi connectivity index (χ3v) is 3.82. The molecule has 0 saturated carbocycles. The van der Waals surface area contributed by atoms with Crippen LogP contribution in [0.4, 0.5) is 0 Å². The molecule has 2 rings (SSSR count). The lowest BCUT2D eigenvalue weighted by molar-refractivity contribution is 0.0822. The van der Waals surface area contributed by atoms with Gasteiger partial charge in [-0.2, -0.15) is 0 Å². The minimum atomic E-state index is -0.594. The van der Waals surface area contributed by atoms with Crippen molar-refractivity contribution < 1.29 is 14.6 Å². The lowest BCUT2D eigenvalue weighted by atomic mass is 10.2. The van der Waals surface area contributed by atoms with E-state index in [4.69, 9.17) is 21.4 Å². The van der Waals surface area contributed by atoms with Crippen LogP contribution in [0.2, 0.25) is 4.34 Å². The molecule has 1 N–H and O–H groups in total. The molecule has 19 heavy (non-hydrogen) atoms. The van der Waals surface area contributed by atoms with Crippen LogP contribution in [-0.2, 0) is 6.61 Å². The molecular weight excluding hydrogens is 284 g/mol. The van der Waals surface area contributed by atoms with Gasteiger partial charge < -0.3 is 9.84 Å². The van der Waals surface area contributed by atoms with E-state index in [1.807, 2.05) is 0 Å². The van der Waals surface area contributed by atoms with E-state index in [0.29, 0.717) is 15.0 Å². The number of carbonyl (C=O) groups excluding carboxylic acids is 1. The average molecular weight is 297 g/mol. The van der Waals surface area contributed by atoms with E-state index in [9.17, 15) is 4.79 Å². The number of rotatable bonds is 5. The Bertz CT molecular complexity index is 580. The smallest absolute Gasteiger partial charge is 0.212 e. The second-order valence-electron chi connectivity index (χ2n) is 4.03. The van der Waals surface area contributed by atoms with Gasteiger partial charge in [0.05, 0.1) is 15.8 Å². The maximum absolute atomic E-state index is 12.1. The summed E-state index contributed by atoms with van der Waals surface area (Å²) >= 11 is 7.04. The van der Waals surface area contributed by atoms with Gasteiger partial charge in [0.15, 0.2) is 6.10 Å². The number of thiophene rings is 1. The van der Waals surface area contributed by atoms with Crippen molar-refractivity contribution in [2.45, 2.75) is 19.6 Å². The number of carbonyl (C=O) groups is 1. The van der Waals surface area contributed by atoms with Gasteiger partial charge in [-0.25, -0.2) is 0 Å². The SMILES string of the molecule is CC(Oc1cccc(CO)c1)C(=O)c1ccc(Cl)s1. The number of hydrogen-bond acceptors (Lipinski definition) is 4. The average Bonchev–Trinajstić information content (AvgIpc) is 2.84. The zero-order chi connectivity index (χ0) is 13.8. The summed E-state index contributed by atoms with van der Waals surface area (Å²) in [4.78, 5) is 12.7. The molecule has 1 aromatic heterocycles. The van der Waals surface area contributed by atoms with Crippen molar-refractivity contribution >= 4 is 28.7 Å². The molecule has 2 aromatic rings. The number of hydrogen-bond donors (Lipinski definition) is 1. The van der Waals surface area contributed by atoms with Crippen molar-refractivity contribution in [3.63, 3.8) is 0 Å². The molecule has 0 radical (unpaired) electrons. The number of ketones is 1. The van der Waals surface area contributed by atoms with Crippen molar-refractivity contribution in [2.75, 3.05) is 0 Å². The quantitative estimate of drug-likeness (QED) is 0.858. The topological polar surface area (TPSA) is 46.5 Å². The third kappa shape index (κ3) is 3.56. The number of Topliss-reactive ketones (excluding diaryl/α,β-unsaturated/α-hetero) is 1. The Morgan fingerprint density at radius 2 is 2.21 bits per heavy atom. The number of benzene rings is 1. The van der Waals surface area contributed by atoms with Gasteiger partial charge in [0, 0.05) is 0 Å². The van der Waals surface area contributed by atoms with Gasteiger partial charge >= 0.3 is 0 Å². The second-order valence-corrected chi connectivity index (χ2v) is 5.75. The number of halogens is 1. The lowest BCUT2D eigenvalue weighted by Crippen LogP contribution is -2.23. The standard InChI is InChI=1S/C14H13ClO3S/c1-9(14(17)12-5-6-13(15)19-12)18-11-4-2-3-10(7-11)8-16/h2-7,9,16H,8H2,1H3. The Morgan fingerprint density at radius 1 is 1.42 bits per heavy atom. The third-order valence-electron chi connectivity index (χ3n) is 2.58. The Labute approximate surface area is 120 Å². The highest BCUT2D eigenvalue weighted by atomic mass is 35.5. The first-order valence-electron chi connectivity index (χ1n) is 5.76. The van der Waals surface area contributed by atoms with E-state index in [2.05, 4.69) is 0 Å². The van der Waals surface area contributed by atoms with Crippen LogP contribution in [0.15, 0.2) is 36.4 Å². The molecule has 0 spiro atoms. The van der Waals surface area contributed by atoms with Crippen LogP contribution in [-0.4, -0.2) is 17.0 Å². The largest absolute Gasteiger partial charge is 0.483 e. The number of ether oxygens (including phenoxy) is 1. The lowest BCUT2D eigenvalue weighted by Gasteiger charge is -2.13. The van der Waals surface area contributed by atoms with E-state index in [-0.39, 0.29) is 12.4 Å². The highest BCUT2D eigenvalue weighted by Crippen LogP contribution is 2.24. The first-order valence-corrected chi connectivity index (χ1v) is 6.95. The van der Waals surface area contributed by atoms with Crippen LogP contribution in [0.3, 0.4) is 0 Å². The molecule has 0 bridgehead atoms. The van der Waals surface area contributed by atoms with Gasteiger partial charge in [-0.15, -0.1) is 11.3 Å². The van der Waals surface area contributed by atoms with Gasteiger partial charge in [-0.05, 0) is 36.8 Å². The van der Waals surface area contributed by atoms with Crippen LogP contribution < -0.4 is 4.74 Å². The molecule has 0 aliphatic rings. The van der Waals surface area contributed by atoms with Crippen LogP contribution in [0.25, 0.3) is 0 Å². The van der Waals surface area contributed by atoms with Crippen molar-refractivity contribution in [1.29, 1.82) is 0 Å². The minimum absolute atomic E-state index is 0.0555. The fourth-order valence-corrected chi connectivity index (χ4v) is 2.68. The Kier molecular flexibility index (Phi) is 4.58. The van der Waals surface area contributed by atoms with Crippen LogP contribution in [0, 0.1) is 0 Å². The number of aliphatic hydroxyl groups is 1. The summed E-state index contributed by atoms with van der Waals surface area (Å²) < 4.78 is 6.17. The van der Waals surface area contributed by atoms with E-state index in [1.54, 1.807) is 43.3 Å². The molecular formula is C14H13ClO3S. The van der Waals surface area contributed by atoms with Crippen molar-refractivity contribution in [3.05, 3.63) is 51.2 Å². The first-order chi connectivity index (χ1) is 9.10. The zero-order valence-electron chi connectivity index (χ0n) is 10.3. The highest BCUT2D eigenvalue weighted by Gasteiger charge is 2.18. The monoisotopic (exact) mass is 296 g/mol. The predicted octanol–water partition coefficient (Wildman–Crippen LogP) is 3.54.